The van der Waals surface area contributed by atoms with E-state index in [-0.39, 0.29) is 6.10 Å². The molecule has 0 aromatic heterocycles. The molecule has 94 valence electrons. The minimum absolute atomic E-state index is 0.149. The molecule has 1 aliphatic carbocycles. The molecule has 17 heavy (non-hydrogen) atoms. The average molecular weight is 234 g/mol. The molecular formula is C14H22N2O. The Morgan fingerprint density at radius 3 is 2.76 bits per heavy atom. The largest absolute Gasteiger partial charge is 0.489 e. The van der Waals surface area contributed by atoms with Crippen LogP contribution in [0.5, 0.6) is 5.75 Å². The van der Waals surface area contributed by atoms with Gasteiger partial charge < -0.3 is 15.8 Å². The number of hydrogen-bond acceptors (Lipinski definition) is 3. The van der Waals surface area contributed by atoms with Gasteiger partial charge in [-0.15, -0.1) is 0 Å². The molecule has 1 saturated carbocycles. The first-order chi connectivity index (χ1) is 8.06. The first-order valence-electron chi connectivity index (χ1n) is 6.36. The van der Waals surface area contributed by atoms with Crippen molar-refractivity contribution < 1.29 is 4.74 Å². The highest BCUT2D eigenvalue weighted by atomic mass is 16.5. The number of rotatable bonds is 5. The summed E-state index contributed by atoms with van der Waals surface area (Å²) in [6.07, 6.45) is 1.49. The maximum absolute atomic E-state index is 5.88. The minimum atomic E-state index is 0.149. The second kappa shape index (κ2) is 4.86. The molecule has 1 aromatic carbocycles. The summed E-state index contributed by atoms with van der Waals surface area (Å²) in [7, 11) is 0. The molecule has 0 amide bonds. The van der Waals surface area contributed by atoms with Gasteiger partial charge in [0.25, 0.3) is 0 Å². The summed E-state index contributed by atoms with van der Waals surface area (Å²) in [5, 5.41) is 3.44. The topological polar surface area (TPSA) is 47.3 Å². The zero-order chi connectivity index (χ0) is 12.4. The maximum atomic E-state index is 5.88. The summed E-state index contributed by atoms with van der Waals surface area (Å²) in [4.78, 5) is 0. The van der Waals surface area contributed by atoms with Gasteiger partial charge in [0.2, 0.25) is 0 Å². The van der Waals surface area contributed by atoms with Crippen molar-refractivity contribution in [1.29, 1.82) is 0 Å². The first-order valence-corrected chi connectivity index (χ1v) is 6.36. The van der Waals surface area contributed by atoms with E-state index in [9.17, 15) is 0 Å². The van der Waals surface area contributed by atoms with E-state index in [0.717, 1.165) is 29.8 Å². The van der Waals surface area contributed by atoms with E-state index in [2.05, 4.69) is 12.2 Å². The molecule has 2 atom stereocenters. The van der Waals surface area contributed by atoms with Gasteiger partial charge in [-0.05, 0) is 44.2 Å². The Bertz CT molecular complexity index is 390. The predicted molar refractivity (Wildman–Crippen MR) is 72.4 cm³/mol. The van der Waals surface area contributed by atoms with Crippen molar-refractivity contribution in [2.24, 2.45) is 11.8 Å². The van der Waals surface area contributed by atoms with E-state index in [0.29, 0.717) is 5.69 Å². The Morgan fingerprint density at radius 2 is 2.18 bits per heavy atom. The molecule has 0 spiro atoms. The molecule has 0 bridgehead atoms. The summed E-state index contributed by atoms with van der Waals surface area (Å²) in [6.45, 7) is 7.35. The third kappa shape index (κ3) is 3.29. The van der Waals surface area contributed by atoms with Crippen molar-refractivity contribution in [3.8, 4) is 5.75 Å². The Balaban J connectivity index is 1.97. The molecule has 0 heterocycles. The van der Waals surface area contributed by atoms with Gasteiger partial charge in [0, 0.05) is 18.3 Å². The van der Waals surface area contributed by atoms with Crippen LogP contribution in [0.4, 0.5) is 11.4 Å². The van der Waals surface area contributed by atoms with Crippen LogP contribution in [0.2, 0.25) is 0 Å². The highest BCUT2D eigenvalue weighted by Crippen LogP contribution is 2.37. The lowest BCUT2D eigenvalue weighted by Crippen LogP contribution is -2.09. The number of ether oxygens (including phenoxy) is 1. The normalized spacial score (nSPS) is 22.6. The van der Waals surface area contributed by atoms with Gasteiger partial charge in [-0.2, -0.15) is 0 Å². The van der Waals surface area contributed by atoms with E-state index in [1.807, 2.05) is 32.0 Å². The van der Waals surface area contributed by atoms with Crippen molar-refractivity contribution in [1.82, 2.24) is 0 Å². The zero-order valence-electron chi connectivity index (χ0n) is 10.9. The second-order valence-electron chi connectivity index (χ2n) is 5.27. The van der Waals surface area contributed by atoms with Crippen molar-refractivity contribution in [2.75, 3.05) is 17.6 Å². The zero-order valence-corrected chi connectivity index (χ0v) is 10.9. The Hall–Kier alpha value is -1.38. The van der Waals surface area contributed by atoms with Crippen LogP contribution < -0.4 is 15.8 Å². The van der Waals surface area contributed by atoms with Crippen LogP contribution in [-0.4, -0.2) is 12.6 Å². The standard InChI is InChI=1S/C14H22N2O/c1-9(2)17-14-7-12(4-5-13(14)15)16-8-11-6-10(11)3/h4-5,7,9-11,16H,6,8,15H2,1-3H3. The number of nitrogens with one attached hydrogen (secondary N) is 1. The van der Waals surface area contributed by atoms with Gasteiger partial charge in [-0.3, -0.25) is 0 Å². The summed E-state index contributed by atoms with van der Waals surface area (Å²) in [6, 6.07) is 5.90. The first kappa shape index (κ1) is 12.1. The van der Waals surface area contributed by atoms with Crippen LogP contribution in [0.25, 0.3) is 0 Å². The molecule has 0 aliphatic heterocycles. The fraction of sp³-hybridized carbons (Fsp3) is 0.571. The number of benzene rings is 1. The third-order valence-electron chi connectivity index (χ3n) is 3.22. The van der Waals surface area contributed by atoms with Gasteiger partial charge >= 0.3 is 0 Å². The molecule has 2 rings (SSSR count). The molecule has 1 aromatic rings. The van der Waals surface area contributed by atoms with Crippen molar-refractivity contribution in [2.45, 2.75) is 33.3 Å². The lowest BCUT2D eigenvalue weighted by atomic mass is 10.2. The number of nitrogens with two attached hydrogens (primary N) is 1. The van der Waals surface area contributed by atoms with E-state index >= 15 is 0 Å². The van der Waals surface area contributed by atoms with Crippen LogP contribution in [0, 0.1) is 11.8 Å². The summed E-state index contributed by atoms with van der Waals surface area (Å²) >= 11 is 0. The highest BCUT2D eigenvalue weighted by molar-refractivity contribution is 5.61. The van der Waals surface area contributed by atoms with Crippen LogP contribution in [0.3, 0.4) is 0 Å². The molecule has 0 saturated heterocycles. The maximum Gasteiger partial charge on any atom is 0.144 e. The van der Waals surface area contributed by atoms with Gasteiger partial charge in [-0.1, -0.05) is 6.92 Å². The molecular weight excluding hydrogens is 212 g/mol. The van der Waals surface area contributed by atoms with Crippen LogP contribution in [0.15, 0.2) is 18.2 Å². The molecule has 3 N–H and O–H groups in total. The van der Waals surface area contributed by atoms with Crippen LogP contribution in [0.1, 0.15) is 27.2 Å². The molecule has 1 aliphatic rings. The van der Waals surface area contributed by atoms with Crippen molar-refractivity contribution in [3.63, 3.8) is 0 Å². The lowest BCUT2D eigenvalue weighted by Gasteiger charge is -2.14. The van der Waals surface area contributed by atoms with Crippen LogP contribution in [-0.2, 0) is 0 Å². The summed E-state index contributed by atoms with van der Waals surface area (Å²) in [5.41, 5.74) is 7.67. The fourth-order valence-corrected chi connectivity index (χ4v) is 1.93. The smallest absolute Gasteiger partial charge is 0.144 e. The summed E-state index contributed by atoms with van der Waals surface area (Å²) < 4.78 is 5.66. The van der Waals surface area contributed by atoms with Gasteiger partial charge in [0.15, 0.2) is 0 Å². The monoisotopic (exact) mass is 234 g/mol. The molecule has 0 radical (unpaired) electrons. The average Bonchev–Trinajstić information content (AvgIpc) is 2.95. The van der Waals surface area contributed by atoms with Crippen molar-refractivity contribution in [3.05, 3.63) is 18.2 Å². The van der Waals surface area contributed by atoms with E-state index in [1.54, 1.807) is 0 Å². The lowest BCUT2D eigenvalue weighted by molar-refractivity contribution is 0.244. The quantitative estimate of drug-likeness (QED) is 0.769. The Kier molecular flexibility index (Phi) is 3.46. The van der Waals surface area contributed by atoms with Crippen molar-refractivity contribution >= 4 is 11.4 Å². The van der Waals surface area contributed by atoms with E-state index in [1.165, 1.54) is 6.42 Å². The molecule has 2 unspecified atom stereocenters. The SMILES string of the molecule is CC(C)Oc1cc(NCC2CC2C)ccc1N. The van der Waals surface area contributed by atoms with Crippen LogP contribution >= 0.6 is 0 Å². The van der Waals surface area contributed by atoms with E-state index in [4.69, 9.17) is 10.5 Å². The predicted octanol–water partition coefficient (Wildman–Crippen LogP) is 3.12. The second-order valence-corrected chi connectivity index (χ2v) is 5.27. The number of anilines is 2. The fourth-order valence-electron chi connectivity index (χ4n) is 1.93. The highest BCUT2D eigenvalue weighted by Gasteiger charge is 2.31. The number of nitrogen functional groups attached to an aromatic ring is 1. The Labute approximate surface area is 103 Å². The van der Waals surface area contributed by atoms with E-state index < -0.39 is 0 Å². The van der Waals surface area contributed by atoms with Gasteiger partial charge in [-0.25, -0.2) is 0 Å². The Morgan fingerprint density at radius 1 is 1.47 bits per heavy atom. The van der Waals surface area contributed by atoms with Gasteiger partial charge in [0.1, 0.15) is 5.75 Å². The third-order valence-corrected chi connectivity index (χ3v) is 3.22. The van der Waals surface area contributed by atoms with Gasteiger partial charge in [0.05, 0.1) is 11.8 Å². The molecule has 3 heteroatoms. The molecule has 1 fully saturated rings. The summed E-state index contributed by atoms with van der Waals surface area (Å²) in [5.74, 6) is 2.48. The molecule has 3 nitrogen and oxygen atoms in total. The minimum Gasteiger partial charge on any atom is -0.489 e. The number of hydrogen-bond donors (Lipinski definition) is 2.